The molecule has 2 rings (SSSR count). The average molecular weight is 406 g/mol. The first kappa shape index (κ1) is 19.0. The van der Waals surface area contributed by atoms with Crippen LogP contribution in [-0.4, -0.2) is 23.6 Å². The van der Waals surface area contributed by atoms with Gasteiger partial charge in [-0.15, -0.1) is 0 Å². The summed E-state index contributed by atoms with van der Waals surface area (Å²) in [6.45, 7) is 5.92. The van der Waals surface area contributed by atoms with E-state index in [-0.39, 0.29) is 24.0 Å². The van der Waals surface area contributed by atoms with Crippen molar-refractivity contribution >= 4 is 33.5 Å². The molecule has 2 N–H and O–H groups in total. The van der Waals surface area contributed by atoms with Gasteiger partial charge in [-0.2, -0.15) is 0 Å². The van der Waals surface area contributed by atoms with Crippen LogP contribution in [0.4, 0.5) is 5.69 Å². The van der Waals surface area contributed by atoms with Crippen molar-refractivity contribution in [1.82, 2.24) is 0 Å². The summed E-state index contributed by atoms with van der Waals surface area (Å²) in [6, 6.07) is 9.99. The topological polar surface area (TPSA) is 75.6 Å². The van der Waals surface area contributed by atoms with Crippen molar-refractivity contribution in [2.45, 2.75) is 26.7 Å². The molecule has 25 heavy (non-hydrogen) atoms. The van der Waals surface area contributed by atoms with Crippen molar-refractivity contribution in [3.05, 3.63) is 57.6 Å². The Morgan fingerprint density at radius 1 is 1.24 bits per heavy atom. The van der Waals surface area contributed by atoms with Gasteiger partial charge in [0.2, 0.25) is 0 Å². The van der Waals surface area contributed by atoms with Gasteiger partial charge in [0, 0.05) is 10.2 Å². The third-order valence-electron chi connectivity index (χ3n) is 3.67. The van der Waals surface area contributed by atoms with Gasteiger partial charge in [0.15, 0.2) is 6.61 Å². The van der Waals surface area contributed by atoms with Crippen LogP contribution in [0, 0.1) is 6.92 Å². The predicted octanol–water partition coefficient (Wildman–Crippen LogP) is 4.60. The summed E-state index contributed by atoms with van der Waals surface area (Å²) in [5, 5.41) is 11.6. The number of aryl methyl sites for hydroxylation is 1. The second-order valence-corrected chi connectivity index (χ2v) is 6.87. The van der Waals surface area contributed by atoms with Gasteiger partial charge in [-0.1, -0.05) is 35.8 Å². The molecule has 2 aromatic carbocycles. The van der Waals surface area contributed by atoms with E-state index in [4.69, 9.17) is 9.84 Å². The van der Waals surface area contributed by atoms with Gasteiger partial charge in [0.25, 0.3) is 5.91 Å². The van der Waals surface area contributed by atoms with Crippen molar-refractivity contribution in [2.75, 3.05) is 11.9 Å². The third-order valence-corrected chi connectivity index (χ3v) is 4.52. The van der Waals surface area contributed by atoms with Gasteiger partial charge < -0.3 is 15.2 Å². The largest absolute Gasteiger partial charge is 0.483 e. The molecule has 0 radical (unpaired) electrons. The number of benzene rings is 2. The zero-order valence-corrected chi connectivity index (χ0v) is 15.9. The lowest BCUT2D eigenvalue weighted by Gasteiger charge is -2.16. The number of rotatable bonds is 6. The molecule has 0 fully saturated rings. The van der Waals surface area contributed by atoms with Crippen molar-refractivity contribution in [1.29, 1.82) is 0 Å². The number of nitrogens with one attached hydrogen (secondary N) is 1. The van der Waals surface area contributed by atoms with Crippen LogP contribution in [0.5, 0.6) is 5.75 Å². The van der Waals surface area contributed by atoms with E-state index in [2.05, 4.69) is 35.1 Å². The normalized spacial score (nSPS) is 10.6. The summed E-state index contributed by atoms with van der Waals surface area (Å²) >= 11 is 3.51. The van der Waals surface area contributed by atoms with E-state index in [0.717, 1.165) is 15.6 Å². The molecule has 0 saturated heterocycles. The molecule has 2 aromatic rings. The minimum Gasteiger partial charge on any atom is -0.483 e. The quantitative estimate of drug-likeness (QED) is 0.736. The highest BCUT2D eigenvalue weighted by Gasteiger charge is 2.13. The lowest BCUT2D eigenvalue weighted by atomic mass is 10.0. The Morgan fingerprint density at radius 3 is 2.60 bits per heavy atom. The maximum absolute atomic E-state index is 12.1. The lowest BCUT2D eigenvalue weighted by Crippen LogP contribution is -2.21. The number of carbonyl (C=O) groups is 2. The second kappa shape index (κ2) is 8.16. The minimum absolute atomic E-state index is 0.115. The van der Waals surface area contributed by atoms with E-state index in [0.29, 0.717) is 11.4 Å². The van der Waals surface area contributed by atoms with Gasteiger partial charge in [-0.05, 0) is 54.3 Å². The molecule has 5 nitrogen and oxygen atoms in total. The molecule has 0 unspecified atom stereocenters. The molecule has 0 saturated carbocycles. The SMILES string of the molecule is Cc1cc(OCC(=O)Nc2cccc(C(=O)O)c2)c(C(C)C)cc1Br. The zero-order valence-electron chi connectivity index (χ0n) is 14.3. The molecular weight excluding hydrogens is 386 g/mol. The van der Waals surface area contributed by atoms with Crippen molar-refractivity contribution in [3.63, 3.8) is 0 Å². The summed E-state index contributed by atoms with van der Waals surface area (Å²) in [5.74, 6) is -0.468. The number of anilines is 1. The average Bonchev–Trinajstić information content (AvgIpc) is 2.55. The van der Waals surface area contributed by atoms with E-state index in [9.17, 15) is 9.59 Å². The number of hydrogen-bond donors (Lipinski definition) is 2. The van der Waals surface area contributed by atoms with E-state index in [1.165, 1.54) is 12.1 Å². The van der Waals surface area contributed by atoms with Gasteiger partial charge in [-0.3, -0.25) is 4.79 Å². The fraction of sp³-hybridized carbons (Fsp3) is 0.263. The molecule has 0 bridgehead atoms. The van der Waals surface area contributed by atoms with Crippen LogP contribution in [0.3, 0.4) is 0 Å². The second-order valence-electron chi connectivity index (χ2n) is 6.02. The third kappa shape index (κ3) is 5.06. The van der Waals surface area contributed by atoms with Crippen LogP contribution in [-0.2, 0) is 4.79 Å². The first-order valence-electron chi connectivity index (χ1n) is 7.84. The maximum Gasteiger partial charge on any atom is 0.335 e. The molecule has 0 aliphatic carbocycles. The first-order valence-corrected chi connectivity index (χ1v) is 8.63. The van der Waals surface area contributed by atoms with Crippen LogP contribution in [0.2, 0.25) is 0 Å². The van der Waals surface area contributed by atoms with Gasteiger partial charge in [0.1, 0.15) is 5.75 Å². The number of carboxylic acid groups (broad SMARTS) is 1. The summed E-state index contributed by atoms with van der Waals surface area (Å²) in [5.41, 5.74) is 2.57. The van der Waals surface area contributed by atoms with Crippen LogP contribution in [0.1, 0.15) is 41.3 Å². The molecule has 0 aliphatic heterocycles. The molecule has 0 aromatic heterocycles. The Balaban J connectivity index is 2.06. The van der Waals surface area contributed by atoms with Crippen LogP contribution >= 0.6 is 15.9 Å². The van der Waals surface area contributed by atoms with E-state index in [1.54, 1.807) is 12.1 Å². The number of carbonyl (C=O) groups excluding carboxylic acids is 1. The molecule has 0 aliphatic rings. The molecular formula is C19H20BrNO4. The number of halogens is 1. The predicted molar refractivity (Wildman–Crippen MR) is 100 cm³/mol. The molecule has 6 heteroatoms. The van der Waals surface area contributed by atoms with Gasteiger partial charge in [0.05, 0.1) is 5.56 Å². The van der Waals surface area contributed by atoms with Crippen LogP contribution < -0.4 is 10.1 Å². The van der Waals surface area contributed by atoms with E-state index < -0.39 is 5.97 Å². The number of aromatic carboxylic acids is 1. The summed E-state index contributed by atoms with van der Waals surface area (Å²) in [7, 11) is 0. The molecule has 0 atom stereocenters. The fourth-order valence-corrected chi connectivity index (χ4v) is 2.68. The monoisotopic (exact) mass is 405 g/mol. The maximum atomic E-state index is 12.1. The number of carboxylic acids is 1. The Hall–Kier alpha value is -2.34. The van der Waals surface area contributed by atoms with Crippen molar-refractivity contribution in [3.8, 4) is 5.75 Å². The highest BCUT2D eigenvalue weighted by molar-refractivity contribution is 9.10. The molecule has 132 valence electrons. The fourth-order valence-electron chi connectivity index (χ4n) is 2.32. The van der Waals surface area contributed by atoms with Crippen LogP contribution in [0.15, 0.2) is 40.9 Å². The van der Waals surface area contributed by atoms with Gasteiger partial charge >= 0.3 is 5.97 Å². The Morgan fingerprint density at radius 2 is 1.96 bits per heavy atom. The highest BCUT2D eigenvalue weighted by atomic mass is 79.9. The number of ether oxygens (including phenoxy) is 1. The first-order chi connectivity index (χ1) is 11.8. The lowest BCUT2D eigenvalue weighted by molar-refractivity contribution is -0.118. The smallest absolute Gasteiger partial charge is 0.335 e. The standard InChI is InChI=1S/C19H20BrNO4/c1-11(2)15-9-16(20)12(3)7-17(15)25-10-18(22)21-14-6-4-5-13(8-14)19(23)24/h4-9,11H,10H2,1-3H3,(H,21,22)(H,23,24). The molecule has 0 heterocycles. The van der Waals surface area contributed by atoms with Crippen LogP contribution in [0.25, 0.3) is 0 Å². The van der Waals surface area contributed by atoms with Crippen molar-refractivity contribution < 1.29 is 19.4 Å². The molecule has 1 amide bonds. The number of amides is 1. The summed E-state index contributed by atoms with van der Waals surface area (Å²) in [6.07, 6.45) is 0. The van der Waals surface area contributed by atoms with Crippen molar-refractivity contribution in [2.24, 2.45) is 0 Å². The highest BCUT2D eigenvalue weighted by Crippen LogP contribution is 2.32. The Labute approximate surface area is 155 Å². The van der Waals surface area contributed by atoms with E-state index in [1.807, 2.05) is 19.1 Å². The summed E-state index contributed by atoms with van der Waals surface area (Å²) < 4.78 is 6.70. The molecule has 0 spiro atoms. The summed E-state index contributed by atoms with van der Waals surface area (Å²) in [4.78, 5) is 23.1. The number of hydrogen-bond acceptors (Lipinski definition) is 3. The zero-order chi connectivity index (χ0) is 18.6. The minimum atomic E-state index is -1.04. The van der Waals surface area contributed by atoms with Gasteiger partial charge in [-0.25, -0.2) is 4.79 Å². The Bertz CT molecular complexity index is 802. The van der Waals surface area contributed by atoms with E-state index >= 15 is 0 Å². The Kier molecular flexibility index (Phi) is 6.20.